The first kappa shape index (κ1) is 14.9. The van der Waals surface area contributed by atoms with Crippen molar-refractivity contribution in [3.63, 3.8) is 0 Å². The van der Waals surface area contributed by atoms with E-state index in [0.717, 1.165) is 17.7 Å². The summed E-state index contributed by atoms with van der Waals surface area (Å²) in [6.07, 6.45) is 0.202. The number of hydrogen-bond acceptors (Lipinski definition) is 2. The van der Waals surface area contributed by atoms with E-state index in [2.05, 4.69) is 5.10 Å². The quantitative estimate of drug-likeness (QED) is 0.836. The molecule has 0 saturated heterocycles. The number of carbonyl (C=O) groups excluding carboxylic acids is 1. The Labute approximate surface area is 115 Å². The van der Waals surface area contributed by atoms with Gasteiger partial charge < -0.3 is 4.90 Å². The summed E-state index contributed by atoms with van der Waals surface area (Å²) in [5.41, 5.74) is 0.212. The first-order valence-electron chi connectivity index (χ1n) is 6.72. The first-order chi connectivity index (χ1) is 9.31. The number of nitrogens with zero attached hydrogens (tertiary/aromatic N) is 3. The fourth-order valence-corrected chi connectivity index (χ4v) is 2.24. The molecule has 1 aliphatic rings. The van der Waals surface area contributed by atoms with Gasteiger partial charge in [-0.1, -0.05) is 0 Å². The molecule has 2 rings (SSSR count). The first-order valence-corrected chi connectivity index (χ1v) is 6.72. The Bertz CT molecular complexity index is 479. The van der Waals surface area contributed by atoms with Crippen molar-refractivity contribution < 1.29 is 18.0 Å². The molecule has 1 saturated carbocycles. The Balaban J connectivity index is 2.18. The van der Waals surface area contributed by atoms with E-state index in [1.165, 1.54) is 17.1 Å². The van der Waals surface area contributed by atoms with E-state index in [4.69, 9.17) is 0 Å². The van der Waals surface area contributed by atoms with Gasteiger partial charge in [-0.05, 0) is 32.6 Å². The molecule has 4 nitrogen and oxygen atoms in total. The minimum atomic E-state index is -4.39. The maximum atomic E-state index is 12.7. The second-order valence-electron chi connectivity index (χ2n) is 5.21. The van der Waals surface area contributed by atoms with Gasteiger partial charge in [0, 0.05) is 18.8 Å². The molecule has 1 atom stereocenters. The zero-order valence-corrected chi connectivity index (χ0v) is 11.5. The van der Waals surface area contributed by atoms with Crippen LogP contribution in [-0.4, -0.2) is 39.4 Å². The van der Waals surface area contributed by atoms with Gasteiger partial charge in [0.25, 0.3) is 5.91 Å². The van der Waals surface area contributed by atoms with Crippen molar-refractivity contribution in [3.05, 3.63) is 18.0 Å². The largest absolute Gasteiger partial charge is 0.406 e. The van der Waals surface area contributed by atoms with Gasteiger partial charge in [-0.2, -0.15) is 18.3 Å². The van der Waals surface area contributed by atoms with Crippen LogP contribution in [0.15, 0.2) is 12.4 Å². The Morgan fingerprint density at radius 1 is 1.55 bits per heavy atom. The number of hydrogen-bond donors (Lipinski definition) is 0. The number of carbonyl (C=O) groups is 1. The van der Waals surface area contributed by atoms with Crippen LogP contribution in [0.2, 0.25) is 0 Å². The van der Waals surface area contributed by atoms with Gasteiger partial charge in [-0.3, -0.25) is 9.48 Å². The average molecular weight is 289 g/mol. The average Bonchev–Trinajstić information content (AvgIpc) is 3.11. The van der Waals surface area contributed by atoms with Crippen molar-refractivity contribution in [2.75, 3.05) is 6.54 Å². The number of rotatable bonds is 5. The van der Waals surface area contributed by atoms with Crippen molar-refractivity contribution in [2.24, 2.45) is 5.92 Å². The Kier molecular flexibility index (Phi) is 4.06. The van der Waals surface area contributed by atoms with Crippen LogP contribution in [-0.2, 0) is 6.54 Å². The lowest BCUT2D eigenvalue weighted by Crippen LogP contribution is -2.45. The van der Waals surface area contributed by atoms with Gasteiger partial charge in [0.2, 0.25) is 0 Å². The summed E-state index contributed by atoms with van der Waals surface area (Å²) in [5.74, 6) is -0.413. The highest BCUT2D eigenvalue weighted by molar-refractivity contribution is 5.94. The lowest BCUT2D eigenvalue weighted by Gasteiger charge is -2.29. The molecule has 20 heavy (non-hydrogen) atoms. The molecule has 0 aromatic carbocycles. The highest BCUT2D eigenvalue weighted by atomic mass is 19.4. The molecule has 0 unspecified atom stereocenters. The molecule has 1 aromatic rings. The van der Waals surface area contributed by atoms with Crippen molar-refractivity contribution >= 4 is 5.91 Å². The van der Waals surface area contributed by atoms with Crippen LogP contribution in [0.25, 0.3) is 0 Å². The summed E-state index contributed by atoms with van der Waals surface area (Å²) >= 11 is 0. The van der Waals surface area contributed by atoms with Gasteiger partial charge in [0.15, 0.2) is 0 Å². The van der Waals surface area contributed by atoms with Gasteiger partial charge in [-0.25, -0.2) is 0 Å². The second kappa shape index (κ2) is 5.46. The zero-order chi connectivity index (χ0) is 14.9. The maximum absolute atomic E-state index is 12.7. The van der Waals surface area contributed by atoms with E-state index < -0.39 is 24.7 Å². The van der Waals surface area contributed by atoms with E-state index in [1.807, 2.05) is 6.92 Å². The molecule has 0 bridgehead atoms. The van der Waals surface area contributed by atoms with Crippen molar-refractivity contribution in [1.82, 2.24) is 14.7 Å². The highest BCUT2D eigenvalue weighted by Gasteiger charge is 2.40. The van der Waals surface area contributed by atoms with Crippen LogP contribution >= 0.6 is 0 Å². The Morgan fingerprint density at radius 3 is 2.65 bits per heavy atom. The smallest absolute Gasteiger partial charge is 0.326 e. The molecule has 1 aromatic heterocycles. The van der Waals surface area contributed by atoms with Crippen LogP contribution in [0, 0.1) is 5.92 Å². The van der Waals surface area contributed by atoms with Gasteiger partial charge in [0.05, 0.1) is 11.8 Å². The molecule has 1 heterocycles. The molecule has 0 radical (unpaired) electrons. The van der Waals surface area contributed by atoms with Crippen molar-refractivity contribution in [1.29, 1.82) is 0 Å². The minimum absolute atomic E-state index is 0.183. The summed E-state index contributed by atoms with van der Waals surface area (Å²) in [7, 11) is 0. The molecule has 1 fully saturated rings. The SMILES string of the molecule is CCn1cc(C(=O)N(CC(F)(F)F)[C@H](C)C2CC2)cn1. The van der Waals surface area contributed by atoms with Crippen molar-refractivity contribution in [3.8, 4) is 0 Å². The van der Waals surface area contributed by atoms with Crippen molar-refractivity contribution in [2.45, 2.75) is 45.5 Å². The highest BCUT2D eigenvalue weighted by Crippen LogP contribution is 2.36. The molecule has 112 valence electrons. The lowest BCUT2D eigenvalue weighted by atomic mass is 10.1. The third-order valence-corrected chi connectivity index (χ3v) is 3.61. The summed E-state index contributed by atoms with van der Waals surface area (Å²) in [4.78, 5) is 13.2. The predicted molar refractivity (Wildman–Crippen MR) is 67.2 cm³/mol. The molecule has 1 aliphatic carbocycles. The maximum Gasteiger partial charge on any atom is 0.406 e. The Hall–Kier alpha value is -1.53. The van der Waals surface area contributed by atoms with Crippen LogP contribution < -0.4 is 0 Å². The number of aryl methyl sites for hydroxylation is 1. The van der Waals surface area contributed by atoms with Crippen LogP contribution in [0.4, 0.5) is 13.2 Å². The molecule has 0 spiro atoms. The number of amides is 1. The number of halogens is 3. The van der Waals surface area contributed by atoms with Crippen LogP contribution in [0.3, 0.4) is 0 Å². The molecular formula is C13H18F3N3O. The summed E-state index contributed by atoms with van der Waals surface area (Å²) in [6, 6.07) is -0.394. The van der Waals surface area contributed by atoms with Gasteiger partial charge >= 0.3 is 6.18 Å². The minimum Gasteiger partial charge on any atom is -0.326 e. The van der Waals surface area contributed by atoms with Crippen LogP contribution in [0.1, 0.15) is 37.0 Å². The molecule has 1 amide bonds. The van der Waals surface area contributed by atoms with E-state index in [-0.39, 0.29) is 11.5 Å². The summed E-state index contributed by atoms with van der Waals surface area (Å²) in [6.45, 7) is 2.90. The Morgan fingerprint density at radius 2 is 2.20 bits per heavy atom. The molecule has 7 heteroatoms. The standard InChI is InChI=1S/C13H18F3N3O/c1-3-18-7-11(6-17-18)12(20)19(8-13(14,15)16)9(2)10-4-5-10/h6-7,9-10H,3-5,8H2,1-2H3/t9-/m1/s1. The fraction of sp³-hybridized carbons (Fsp3) is 0.692. The van der Waals surface area contributed by atoms with E-state index in [0.29, 0.717) is 6.54 Å². The van der Waals surface area contributed by atoms with E-state index >= 15 is 0 Å². The summed E-state index contributed by atoms with van der Waals surface area (Å²) < 4.78 is 39.6. The lowest BCUT2D eigenvalue weighted by molar-refractivity contribution is -0.144. The van der Waals surface area contributed by atoms with Gasteiger partial charge in [-0.15, -0.1) is 0 Å². The van der Waals surface area contributed by atoms with E-state index in [1.54, 1.807) is 6.92 Å². The third kappa shape index (κ3) is 3.52. The van der Waals surface area contributed by atoms with Crippen LogP contribution in [0.5, 0.6) is 0 Å². The summed E-state index contributed by atoms with van der Waals surface area (Å²) in [5, 5.41) is 3.94. The monoisotopic (exact) mass is 289 g/mol. The number of alkyl halides is 3. The topological polar surface area (TPSA) is 38.1 Å². The third-order valence-electron chi connectivity index (χ3n) is 3.61. The molecule has 0 N–H and O–H groups in total. The number of aromatic nitrogens is 2. The van der Waals surface area contributed by atoms with E-state index in [9.17, 15) is 18.0 Å². The zero-order valence-electron chi connectivity index (χ0n) is 11.5. The fourth-order valence-electron chi connectivity index (χ4n) is 2.24. The normalized spacial score (nSPS) is 17.1. The van der Waals surface area contributed by atoms with Gasteiger partial charge in [0.1, 0.15) is 6.54 Å². The second-order valence-corrected chi connectivity index (χ2v) is 5.21. The molecular weight excluding hydrogens is 271 g/mol. The molecule has 0 aliphatic heterocycles. The predicted octanol–water partition coefficient (Wildman–Crippen LogP) is 2.71.